The van der Waals surface area contributed by atoms with Gasteiger partial charge in [0, 0.05) is 23.2 Å². The summed E-state index contributed by atoms with van der Waals surface area (Å²) in [5.74, 6) is -0.103. The van der Waals surface area contributed by atoms with Crippen molar-refractivity contribution in [1.29, 1.82) is 0 Å². The minimum absolute atomic E-state index is 0.103. The van der Waals surface area contributed by atoms with E-state index in [4.69, 9.17) is 5.73 Å². The number of amides is 1. The predicted octanol–water partition coefficient (Wildman–Crippen LogP) is 1.63. The minimum Gasteiger partial charge on any atom is -0.398 e. The van der Waals surface area contributed by atoms with Gasteiger partial charge in [0.2, 0.25) is 0 Å². The molecule has 1 fully saturated rings. The van der Waals surface area contributed by atoms with Crippen LogP contribution in [-0.4, -0.2) is 35.1 Å². The van der Waals surface area contributed by atoms with Gasteiger partial charge in [-0.2, -0.15) is 0 Å². The molecule has 1 amide bonds. The number of carbonyl (C=O) groups is 1. The predicted molar refractivity (Wildman–Crippen MR) is 69.7 cm³/mol. The molecule has 1 atom stereocenters. The van der Waals surface area contributed by atoms with Gasteiger partial charge in [-0.05, 0) is 31.0 Å². The van der Waals surface area contributed by atoms with Crippen molar-refractivity contribution in [2.45, 2.75) is 18.9 Å². The molecule has 17 heavy (non-hydrogen) atoms. The van der Waals surface area contributed by atoms with Gasteiger partial charge in [-0.15, -0.1) is 0 Å². The molecule has 5 heteroatoms. The molecule has 2 rings (SSSR count). The normalized spacial score (nSPS) is 20.4. The Hall–Kier alpha value is -1.07. The number of halogens is 1. The third kappa shape index (κ3) is 2.79. The van der Waals surface area contributed by atoms with E-state index in [9.17, 15) is 9.90 Å². The lowest BCUT2D eigenvalue weighted by molar-refractivity contribution is 0.0474. The van der Waals surface area contributed by atoms with Crippen molar-refractivity contribution in [3.63, 3.8) is 0 Å². The minimum atomic E-state index is -0.413. The molecule has 0 aliphatic carbocycles. The average molecular weight is 299 g/mol. The molecule has 0 radical (unpaired) electrons. The van der Waals surface area contributed by atoms with Crippen molar-refractivity contribution in [2.24, 2.45) is 0 Å². The van der Waals surface area contributed by atoms with Crippen LogP contribution < -0.4 is 5.73 Å². The van der Waals surface area contributed by atoms with Gasteiger partial charge in [-0.1, -0.05) is 15.9 Å². The van der Waals surface area contributed by atoms with Gasteiger partial charge in [0.15, 0.2) is 0 Å². The summed E-state index contributed by atoms with van der Waals surface area (Å²) in [5, 5.41) is 9.56. The number of aliphatic hydroxyl groups is 1. The molecule has 92 valence electrons. The number of hydrogen-bond donors (Lipinski definition) is 2. The van der Waals surface area contributed by atoms with E-state index in [0.29, 0.717) is 24.3 Å². The van der Waals surface area contributed by atoms with Crippen molar-refractivity contribution in [3.8, 4) is 0 Å². The maximum Gasteiger partial charge on any atom is 0.256 e. The number of piperidine rings is 1. The number of nitrogens with two attached hydrogens (primary N) is 1. The molecule has 0 saturated carbocycles. The van der Waals surface area contributed by atoms with Crippen molar-refractivity contribution < 1.29 is 9.90 Å². The van der Waals surface area contributed by atoms with Crippen molar-refractivity contribution in [1.82, 2.24) is 4.90 Å². The number of rotatable bonds is 1. The number of nitrogen functional groups attached to an aromatic ring is 1. The molecule has 0 unspecified atom stereocenters. The Kier molecular flexibility index (Phi) is 3.69. The summed E-state index contributed by atoms with van der Waals surface area (Å²) in [4.78, 5) is 13.9. The highest BCUT2D eigenvalue weighted by atomic mass is 79.9. The Morgan fingerprint density at radius 1 is 1.53 bits per heavy atom. The van der Waals surface area contributed by atoms with E-state index in [1.165, 1.54) is 0 Å². The average Bonchev–Trinajstić information content (AvgIpc) is 2.28. The Morgan fingerprint density at radius 2 is 2.29 bits per heavy atom. The summed E-state index contributed by atoms with van der Waals surface area (Å²) in [7, 11) is 0. The lowest BCUT2D eigenvalue weighted by Crippen LogP contribution is -2.42. The molecule has 1 aliphatic rings. The monoisotopic (exact) mass is 298 g/mol. The van der Waals surface area contributed by atoms with Gasteiger partial charge in [0.05, 0.1) is 11.7 Å². The lowest BCUT2D eigenvalue weighted by atomic mass is 10.1. The smallest absolute Gasteiger partial charge is 0.256 e. The summed E-state index contributed by atoms with van der Waals surface area (Å²) in [6, 6.07) is 5.22. The molecule has 1 heterocycles. The Labute approximate surface area is 109 Å². The van der Waals surface area contributed by atoms with Crippen LogP contribution in [-0.2, 0) is 0 Å². The maximum atomic E-state index is 12.2. The fraction of sp³-hybridized carbons (Fsp3) is 0.417. The number of anilines is 1. The highest BCUT2D eigenvalue weighted by Gasteiger charge is 2.24. The molecule has 1 aromatic carbocycles. The van der Waals surface area contributed by atoms with Crippen LogP contribution in [0, 0.1) is 0 Å². The fourth-order valence-electron chi connectivity index (χ4n) is 2.04. The summed E-state index contributed by atoms with van der Waals surface area (Å²) < 4.78 is 0.852. The molecule has 0 spiro atoms. The number of carbonyl (C=O) groups excluding carboxylic acids is 1. The number of benzene rings is 1. The summed E-state index contributed by atoms with van der Waals surface area (Å²) in [6.45, 7) is 1.08. The second-order valence-electron chi connectivity index (χ2n) is 4.28. The number of likely N-dealkylation sites (tertiary alicyclic amines) is 1. The molecule has 0 aromatic heterocycles. The van der Waals surface area contributed by atoms with E-state index in [1.54, 1.807) is 23.1 Å². The van der Waals surface area contributed by atoms with Gasteiger partial charge < -0.3 is 15.7 Å². The van der Waals surface area contributed by atoms with Crippen LogP contribution in [0.2, 0.25) is 0 Å². The Bertz CT molecular complexity index is 437. The van der Waals surface area contributed by atoms with Crippen molar-refractivity contribution in [3.05, 3.63) is 28.2 Å². The second kappa shape index (κ2) is 5.06. The Morgan fingerprint density at radius 3 is 2.94 bits per heavy atom. The first-order chi connectivity index (χ1) is 8.08. The van der Waals surface area contributed by atoms with E-state index >= 15 is 0 Å². The number of β-amino-alcohol motifs (C(OH)–C–C–N with tert-alkyl or cyclic N) is 1. The SMILES string of the molecule is Nc1cc(Br)ccc1C(=O)N1CCC[C@H](O)C1. The fourth-order valence-corrected chi connectivity index (χ4v) is 2.42. The van der Waals surface area contributed by atoms with Crippen LogP contribution in [0.5, 0.6) is 0 Å². The summed E-state index contributed by atoms with van der Waals surface area (Å²) in [5.41, 5.74) is 6.79. The standard InChI is InChI=1S/C12H15BrN2O2/c13-8-3-4-10(11(14)6-8)12(17)15-5-1-2-9(16)7-15/h3-4,6,9,16H,1-2,5,7,14H2/t9-/m0/s1. The molecule has 3 N–H and O–H groups in total. The van der Waals surface area contributed by atoms with E-state index in [0.717, 1.165) is 17.3 Å². The Balaban J connectivity index is 2.18. The van der Waals surface area contributed by atoms with E-state index in [-0.39, 0.29) is 5.91 Å². The summed E-state index contributed by atoms with van der Waals surface area (Å²) in [6.07, 6.45) is 1.19. The molecule has 4 nitrogen and oxygen atoms in total. The summed E-state index contributed by atoms with van der Waals surface area (Å²) >= 11 is 3.31. The lowest BCUT2D eigenvalue weighted by Gasteiger charge is -2.30. The highest BCUT2D eigenvalue weighted by Crippen LogP contribution is 2.21. The molecular formula is C12H15BrN2O2. The van der Waals surface area contributed by atoms with Crippen molar-refractivity contribution in [2.75, 3.05) is 18.8 Å². The van der Waals surface area contributed by atoms with Crippen molar-refractivity contribution >= 4 is 27.5 Å². The van der Waals surface area contributed by atoms with Crippen LogP contribution in [0.3, 0.4) is 0 Å². The van der Waals surface area contributed by atoms with Gasteiger partial charge >= 0.3 is 0 Å². The first kappa shape index (κ1) is 12.4. The van der Waals surface area contributed by atoms with E-state index in [1.807, 2.05) is 0 Å². The second-order valence-corrected chi connectivity index (χ2v) is 5.19. The highest BCUT2D eigenvalue weighted by molar-refractivity contribution is 9.10. The van der Waals surface area contributed by atoms with Gasteiger partial charge in [-0.25, -0.2) is 0 Å². The molecule has 1 aromatic rings. The number of aliphatic hydroxyl groups excluding tert-OH is 1. The van der Waals surface area contributed by atoms with E-state index < -0.39 is 6.10 Å². The molecule has 1 saturated heterocycles. The van der Waals surface area contributed by atoms with Gasteiger partial charge in [0.1, 0.15) is 0 Å². The first-order valence-corrected chi connectivity index (χ1v) is 6.39. The number of nitrogens with zero attached hydrogens (tertiary/aromatic N) is 1. The van der Waals surface area contributed by atoms with Gasteiger partial charge in [0.25, 0.3) is 5.91 Å². The maximum absolute atomic E-state index is 12.2. The molecule has 1 aliphatic heterocycles. The topological polar surface area (TPSA) is 66.6 Å². The van der Waals surface area contributed by atoms with Crippen LogP contribution in [0.15, 0.2) is 22.7 Å². The van der Waals surface area contributed by atoms with Crippen LogP contribution in [0.4, 0.5) is 5.69 Å². The third-order valence-corrected chi connectivity index (χ3v) is 3.42. The molecule has 0 bridgehead atoms. The van der Waals surface area contributed by atoms with E-state index in [2.05, 4.69) is 15.9 Å². The largest absolute Gasteiger partial charge is 0.398 e. The zero-order chi connectivity index (χ0) is 12.4. The first-order valence-electron chi connectivity index (χ1n) is 5.60. The third-order valence-electron chi connectivity index (χ3n) is 2.93. The van der Waals surface area contributed by atoms with Crippen LogP contribution in [0.25, 0.3) is 0 Å². The van der Waals surface area contributed by atoms with Gasteiger partial charge in [-0.3, -0.25) is 4.79 Å². The quantitative estimate of drug-likeness (QED) is 0.775. The zero-order valence-corrected chi connectivity index (χ0v) is 11.0. The number of hydrogen-bond acceptors (Lipinski definition) is 3. The molecular weight excluding hydrogens is 284 g/mol. The van der Waals surface area contributed by atoms with Crippen LogP contribution >= 0.6 is 15.9 Å². The zero-order valence-electron chi connectivity index (χ0n) is 9.40. The van der Waals surface area contributed by atoms with Crippen LogP contribution in [0.1, 0.15) is 23.2 Å².